The van der Waals surface area contributed by atoms with Gasteiger partial charge in [0.2, 0.25) is 12.3 Å². The number of unbranched alkanes of at least 4 members (excludes halogenated alkanes) is 2. The number of hydrogen-bond acceptors (Lipinski definition) is 3. The first-order valence-electron chi connectivity index (χ1n) is 8.63. The van der Waals surface area contributed by atoms with Crippen LogP contribution in [0.25, 0.3) is 0 Å². The summed E-state index contributed by atoms with van der Waals surface area (Å²) in [6.07, 6.45) is 5.58. The van der Waals surface area contributed by atoms with Gasteiger partial charge in [0.05, 0.1) is 5.25 Å². The number of rotatable bonds is 9. The lowest BCUT2D eigenvalue weighted by Gasteiger charge is -2.11. The monoisotopic (exact) mass is 413 g/mol. The van der Waals surface area contributed by atoms with Crippen molar-refractivity contribution in [2.45, 2.75) is 57.2 Å². The number of aryl methyl sites for hydroxylation is 1. The minimum absolute atomic E-state index is 0. The standard InChI is InChI=1S/C19H28NO2S.BrH/c1-3-4-5-6-16-7-9-17(10-8-16)18(22)13-20-14-23-19(11-12-21)15(20)2;/h7-10,14-15,19,21H,3-6,11-13H2,1-2H3;1H/q+1;/p-1. The summed E-state index contributed by atoms with van der Waals surface area (Å²) in [4.78, 5) is 12.5. The molecule has 2 rings (SSSR count). The second-order valence-corrected chi connectivity index (χ2v) is 7.37. The number of hydrogen-bond donors (Lipinski definition) is 1. The Hall–Kier alpha value is -0.650. The number of nitrogens with zero attached hydrogens (tertiary/aromatic N) is 1. The molecule has 134 valence electrons. The molecular weight excluding hydrogens is 386 g/mol. The normalized spacial score (nSPS) is 19.7. The molecule has 1 aliphatic rings. The van der Waals surface area contributed by atoms with Gasteiger partial charge < -0.3 is 22.1 Å². The number of ketones is 1. The lowest BCUT2D eigenvalue weighted by atomic mass is 10.0. The Bertz CT molecular complexity index is 545. The highest BCUT2D eigenvalue weighted by atomic mass is 79.9. The number of carbonyl (C=O) groups is 1. The van der Waals surface area contributed by atoms with Crippen molar-refractivity contribution in [3.05, 3.63) is 35.4 Å². The van der Waals surface area contributed by atoms with E-state index in [0.29, 0.717) is 17.8 Å². The molecule has 5 heteroatoms. The lowest BCUT2D eigenvalue weighted by molar-refractivity contribution is -0.539. The van der Waals surface area contributed by atoms with Gasteiger partial charge in [-0.25, -0.2) is 4.58 Å². The Morgan fingerprint density at radius 3 is 2.58 bits per heavy atom. The summed E-state index contributed by atoms with van der Waals surface area (Å²) in [5, 5.41) is 9.46. The van der Waals surface area contributed by atoms with Crippen molar-refractivity contribution in [1.29, 1.82) is 0 Å². The molecule has 2 atom stereocenters. The van der Waals surface area contributed by atoms with Crippen molar-refractivity contribution in [3.8, 4) is 0 Å². The van der Waals surface area contributed by atoms with Crippen molar-refractivity contribution in [1.82, 2.24) is 0 Å². The Balaban J connectivity index is 0.00000288. The predicted molar refractivity (Wildman–Crippen MR) is 97.7 cm³/mol. The van der Waals surface area contributed by atoms with E-state index < -0.39 is 0 Å². The van der Waals surface area contributed by atoms with Crippen molar-refractivity contribution < 1.29 is 31.5 Å². The van der Waals surface area contributed by atoms with Gasteiger partial charge in [-0.1, -0.05) is 55.8 Å². The van der Waals surface area contributed by atoms with Crippen LogP contribution in [0.1, 0.15) is 55.5 Å². The van der Waals surface area contributed by atoms with E-state index in [4.69, 9.17) is 5.11 Å². The maximum Gasteiger partial charge on any atom is 0.227 e. The van der Waals surface area contributed by atoms with E-state index in [0.717, 1.165) is 18.4 Å². The highest BCUT2D eigenvalue weighted by Gasteiger charge is 2.34. The molecule has 0 fully saturated rings. The van der Waals surface area contributed by atoms with Crippen LogP contribution in [-0.2, 0) is 6.42 Å². The molecule has 1 aromatic carbocycles. The van der Waals surface area contributed by atoms with Crippen LogP contribution in [0.4, 0.5) is 0 Å². The van der Waals surface area contributed by atoms with Gasteiger partial charge in [-0.15, -0.1) is 0 Å². The highest BCUT2D eigenvalue weighted by Crippen LogP contribution is 2.24. The van der Waals surface area contributed by atoms with Gasteiger partial charge >= 0.3 is 0 Å². The number of benzene rings is 1. The molecule has 1 aromatic rings. The van der Waals surface area contributed by atoms with Crippen LogP contribution in [-0.4, -0.2) is 45.5 Å². The van der Waals surface area contributed by atoms with Crippen LogP contribution in [0.5, 0.6) is 0 Å². The third kappa shape index (κ3) is 6.01. The fourth-order valence-electron chi connectivity index (χ4n) is 2.89. The van der Waals surface area contributed by atoms with E-state index in [2.05, 4.69) is 30.6 Å². The summed E-state index contributed by atoms with van der Waals surface area (Å²) < 4.78 is 2.10. The zero-order chi connectivity index (χ0) is 16.7. The first-order chi connectivity index (χ1) is 11.2. The smallest absolute Gasteiger partial charge is 0.227 e. The van der Waals surface area contributed by atoms with Gasteiger partial charge in [-0.2, -0.15) is 0 Å². The van der Waals surface area contributed by atoms with E-state index >= 15 is 0 Å². The van der Waals surface area contributed by atoms with Crippen LogP contribution in [0, 0.1) is 0 Å². The van der Waals surface area contributed by atoms with E-state index in [1.54, 1.807) is 11.8 Å². The maximum absolute atomic E-state index is 12.5. The summed E-state index contributed by atoms with van der Waals surface area (Å²) in [6.45, 7) is 4.96. The third-order valence-electron chi connectivity index (χ3n) is 4.52. The zero-order valence-electron chi connectivity index (χ0n) is 14.6. The zero-order valence-corrected chi connectivity index (χ0v) is 17.0. The SMILES string of the molecule is CCCCCc1ccc(C(=O)C[N+]2=CSC(CCO)C2C)cc1.[Br-]. The number of halogens is 1. The summed E-state index contributed by atoms with van der Waals surface area (Å²) >= 11 is 1.72. The Morgan fingerprint density at radius 1 is 1.25 bits per heavy atom. The summed E-state index contributed by atoms with van der Waals surface area (Å²) in [6, 6.07) is 8.39. The minimum Gasteiger partial charge on any atom is -1.00 e. The first-order valence-corrected chi connectivity index (χ1v) is 9.57. The van der Waals surface area contributed by atoms with E-state index in [1.807, 2.05) is 17.7 Å². The molecule has 1 heterocycles. The molecule has 0 bridgehead atoms. The van der Waals surface area contributed by atoms with Gasteiger partial charge in [0.15, 0.2) is 11.6 Å². The van der Waals surface area contributed by atoms with Gasteiger partial charge in [0.25, 0.3) is 0 Å². The predicted octanol–water partition coefficient (Wildman–Crippen LogP) is 0.533. The lowest BCUT2D eigenvalue weighted by Crippen LogP contribution is -3.00. The molecule has 0 saturated carbocycles. The number of aliphatic hydroxyl groups excluding tert-OH is 1. The van der Waals surface area contributed by atoms with Crippen molar-refractivity contribution in [3.63, 3.8) is 0 Å². The number of aliphatic hydroxyl groups is 1. The fourth-order valence-corrected chi connectivity index (χ4v) is 4.10. The molecule has 3 nitrogen and oxygen atoms in total. The summed E-state index contributed by atoms with van der Waals surface area (Å²) in [5.41, 5.74) is 4.15. The largest absolute Gasteiger partial charge is 1.00 e. The second-order valence-electron chi connectivity index (χ2n) is 6.28. The van der Waals surface area contributed by atoms with Crippen molar-refractivity contribution >= 4 is 23.1 Å². The number of Topliss-reactive ketones (excluding diaryl/α,β-unsaturated/α-hetero) is 1. The Kier molecular flexibility index (Phi) is 9.86. The average molecular weight is 414 g/mol. The van der Waals surface area contributed by atoms with E-state index in [-0.39, 0.29) is 29.4 Å². The van der Waals surface area contributed by atoms with E-state index in [9.17, 15) is 4.79 Å². The molecule has 0 spiro atoms. The van der Waals surface area contributed by atoms with Crippen LogP contribution in [0.2, 0.25) is 0 Å². The molecule has 0 amide bonds. The molecule has 1 aliphatic heterocycles. The van der Waals surface area contributed by atoms with Gasteiger partial charge in [-0.3, -0.25) is 4.79 Å². The average Bonchev–Trinajstić information content (AvgIpc) is 2.89. The van der Waals surface area contributed by atoms with E-state index in [1.165, 1.54) is 24.8 Å². The van der Waals surface area contributed by atoms with Gasteiger partial charge in [0.1, 0.15) is 0 Å². The van der Waals surface area contributed by atoms with Crippen LogP contribution < -0.4 is 17.0 Å². The summed E-state index contributed by atoms with van der Waals surface area (Å²) in [7, 11) is 0. The molecule has 1 N–H and O–H groups in total. The molecule has 0 radical (unpaired) electrons. The Labute approximate surface area is 160 Å². The second kappa shape index (κ2) is 11.1. The van der Waals surface area contributed by atoms with Crippen molar-refractivity contribution in [2.75, 3.05) is 13.2 Å². The molecule has 0 aromatic heterocycles. The first kappa shape index (κ1) is 21.4. The maximum atomic E-state index is 12.5. The minimum atomic E-state index is 0. The quantitative estimate of drug-likeness (QED) is 0.364. The third-order valence-corrected chi connectivity index (χ3v) is 5.89. The topological polar surface area (TPSA) is 40.3 Å². The van der Waals surface area contributed by atoms with Crippen LogP contribution >= 0.6 is 11.8 Å². The molecule has 0 aliphatic carbocycles. The molecule has 2 unspecified atom stereocenters. The molecule has 0 saturated heterocycles. The van der Waals surface area contributed by atoms with Gasteiger partial charge in [-0.05, 0) is 31.7 Å². The Morgan fingerprint density at radius 2 is 1.96 bits per heavy atom. The van der Waals surface area contributed by atoms with Crippen molar-refractivity contribution in [2.24, 2.45) is 0 Å². The summed E-state index contributed by atoms with van der Waals surface area (Å²) in [5.74, 6) is 0.165. The van der Waals surface area contributed by atoms with Crippen LogP contribution in [0.15, 0.2) is 24.3 Å². The molecular formula is C19H28BrNO2S. The number of carbonyl (C=O) groups excluding carboxylic acids is 1. The number of thioether (sulfide) groups is 1. The molecule has 24 heavy (non-hydrogen) atoms. The van der Waals surface area contributed by atoms with Gasteiger partial charge in [0, 0.05) is 12.2 Å². The van der Waals surface area contributed by atoms with Crippen LogP contribution in [0.3, 0.4) is 0 Å². The highest BCUT2D eigenvalue weighted by molar-refractivity contribution is 8.12. The fraction of sp³-hybridized carbons (Fsp3) is 0.579.